The number of halogens is 1. The lowest BCUT2D eigenvalue weighted by Gasteiger charge is -2.25. The minimum Gasteiger partial charge on any atom is -0.295 e. The molecule has 3 heteroatoms. The van der Waals surface area contributed by atoms with E-state index in [9.17, 15) is 9.65 Å². The van der Waals surface area contributed by atoms with Crippen LogP contribution in [-0.2, 0) is 0 Å². The summed E-state index contributed by atoms with van der Waals surface area (Å²) in [6, 6.07) is 6.93. The van der Waals surface area contributed by atoms with Crippen molar-refractivity contribution in [3.05, 3.63) is 35.1 Å². The highest BCUT2D eigenvalue weighted by Crippen LogP contribution is 2.23. The molecule has 96 valence electrons. The smallest absolute Gasteiger partial charge is 0.129 e. The van der Waals surface area contributed by atoms with E-state index in [1.165, 1.54) is 25.3 Å². The number of benzene rings is 1. The topological polar surface area (TPSA) is 35.8 Å². The molecule has 1 unspecified atom stereocenters. The highest BCUT2D eigenvalue weighted by molar-refractivity contribution is 5.30. The van der Waals surface area contributed by atoms with Crippen LogP contribution in [0.2, 0.25) is 0 Å². The molecule has 0 bridgehead atoms. The fourth-order valence-corrected chi connectivity index (χ4v) is 2.59. The van der Waals surface area contributed by atoms with Gasteiger partial charge in [0.2, 0.25) is 0 Å². The molecule has 1 saturated carbocycles. The van der Waals surface area contributed by atoms with Crippen LogP contribution in [0.25, 0.3) is 0 Å². The highest BCUT2D eigenvalue weighted by atomic mass is 19.1. The van der Waals surface area contributed by atoms with Crippen molar-refractivity contribution >= 4 is 0 Å². The van der Waals surface area contributed by atoms with Crippen molar-refractivity contribution in [3.8, 4) is 6.07 Å². The minimum absolute atomic E-state index is 0.296. The summed E-state index contributed by atoms with van der Waals surface area (Å²) in [5.41, 5.74) is 1.46. The fraction of sp³-hybridized carbons (Fsp3) is 0.533. The predicted octanol–water partition coefficient (Wildman–Crippen LogP) is 3.62. The Morgan fingerprint density at radius 1 is 1.33 bits per heavy atom. The fourth-order valence-electron chi connectivity index (χ4n) is 2.59. The summed E-state index contributed by atoms with van der Waals surface area (Å²) in [6.45, 7) is 1.91. The number of hydrogen-bond acceptors (Lipinski definition) is 2. The van der Waals surface area contributed by atoms with Gasteiger partial charge >= 0.3 is 0 Å². The maximum absolute atomic E-state index is 13.8. The van der Waals surface area contributed by atoms with Gasteiger partial charge in [0.05, 0.1) is 6.07 Å². The van der Waals surface area contributed by atoms with Gasteiger partial charge < -0.3 is 0 Å². The van der Waals surface area contributed by atoms with E-state index < -0.39 is 6.04 Å². The molecular weight excluding hydrogens is 227 g/mol. The molecular formula is C15H19FN2. The molecule has 1 fully saturated rings. The van der Waals surface area contributed by atoms with Gasteiger partial charge in [0.15, 0.2) is 0 Å². The lowest BCUT2D eigenvalue weighted by Crippen LogP contribution is -2.34. The first kappa shape index (κ1) is 13.0. The van der Waals surface area contributed by atoms with Crippen LogP contribution in [0.1, 0.15) is 49.3 Å². The van der Waals surface area contributed by atoms with Gasteiger partial charge in [0.1, 0.15) is 11.9 Å². The van der Waals surface area contributed by atoms with Gasteiger partial charge in [0.25, 0.3) is 0 Å². The molecule has 2 nitrogen and oxygen atoms in total. The molecule has 0 aliphatic heterocycles. The van der Waals surface area contributed by atoms with Crippen molar-refractivity contribution in [1.82, 2.24) is 5.32 Å². The van der Waals surface area contributed by atoms with Crippen LogP contribution in [0, 0.1) is 24.1 Å². The molecule has 18 heavy (non-hydrogen) atoms. The van der Waals surface area contributed by atoms with E-state index in [-0.39, 0.29) is 5.82 Å². The average molecular weight is 246 g/mol. The zero-order valence-corrected chi connectivity index (χ0v) is 10.7. The van der Waals surface area contributed by atoms with Gasteiger partial charge in [-0.2, -0.15) is 5.26 Å². The lowest BCUT2D eigenvalue weighted by atomic mass is 9.94. The zero-order chi connectivity index (χ0) is 13.0. The summed E-state index contributed by atoms with van der Waals surface area (Å²) >= 11 is 0. The van der Waals surface area contributed by atoms with E-state index in [0.717, 1.165) is 18.4 Å². The Kier molecular flexibility index (Phi) is 4.33. The average Bonchev–Trinajstić information content (AvgIpc) is 2.40. The second-order valence-corrected chi connectivity index (χ2v) is 5.09. The van der Waals surface area contributed by atoms with Gasteiger partial charge in [-0.3, -0.25) is 5.32 Å². The number of hydrogen-bond donors (Lipinski definition) is 1. The van der Waals surface area contributed by atoms with Crippen LogP contribution in [0.3, 0.4) is 0 Å². The summed E-state index contributed by atoms with van der Waals surface area (Å²) in [5.74, 6) is -0.296. The molecule has 1 aromatic carbocycles. The first-order chi connectivity index (χ1) is 8.70. The van der Waals surface area contributed by atoms with Crippen molar-refractivity contribution in [2.75, 3.05) is 0 Å². The van der Waals surface area contributed by atoms with Crippen molar-refractivity contribution in [2.24, 2.45) is 0 Å². The number of aryl methyl sites for hydroxylation is 1. The molecule has 1 aromatic rings. The van der Waals surface area contributed by atoms with Gasteiger partial charge in [-0.25, -0.2) is 4.39 Å². The van der Waals surface area contributed by atoms with E-state index in [1.54, 1.807) is 12.1 Å². The van der Waals surface area contributed by atoms with Crippen LogP contribution in [0.5, 0.6) is 0 Å². The van der Waals surface area contributed by atoms with Crippen molar-refractivity contribution < 1.29 is 4.39 Å². The van der Waals surface area contributed by atoms with Gasteiger partial charge in [-0.1, -0.05) is 37.0 Å². The Bertz CT molecular complexity index is 444. The molecule has 0 radical (unpaired) electrons. The van der Waals surface area contributed by atoms with Crippen LogP contribution < -0.4 is 5.32 Å². The van der Waals surface area contributed by atoms with Crippen LogP contribution in [0.4, 0.5) is 4.39 Å². The highest BCUT2D eigenvalue weighted by Gasteiger charge is 2.21. The second-order valence-electron chi connectivity index (χ2n) is 5.09. The number of rotatable bonds is 3. The molecule has 1 N–H and O–H groups in total. The van der Waals surface area contributed by atoms with Gasteiger partial charge in [-0.15, -0.1) is 0 Å². The summed E-state index contributed by atoms with van der Waals surface area (Å²) in [5, 5.41) is 12.5. The number of nitriles is 1. The molecule has 1 aliphatic carbocycles. The molecule has 0 heterocycles. The maximum Gasteiger partial charge on any atom is 0.129 e. The van der Waals surface area contributed by atoms with Gasteiger partial charge in [0, 0.05) is 11.6 Å². The Morgan fingerprint density at radius 3 is 2.72 bits per heavy atom. The van der Waals surface area contributed by atoms with Gasteiger partial charge in [-0.05, 0) is 25.8 Å². The van der Waals surface area contributed by atoms with Crippen molar-refractivity contribution in [1.29, 1.82) is 5.26 Å². The number of nitrogens with one attached hydrogen (secondary N) is 1. The third-order valence-electron chi connectivity index (χ3n) is 3.60. The molecule has 0 saturated heterocycles. The standard InChI is InChI=1S/C15H19FN2/c1-11-7-8-14(16)13(9-11)15(10-17)18-12-5-3-2-4-6-12/h7-9,12,15,18H,2-6H2,1H3. The van der Waals surface area contributed by atoms with Crippen LogP contribution >= 0.6 is 0 Å². The van der Waals surface area contributed by atoms with Crippen LogP contribution in [-0.4, -0.2) is 6.04 Å². The van der Waals surface area contributed by atoms with Crippen molar-refractivity contribution in [2.45, 2.75) is 51.1 Å². The Morgan fingerprint density at radius 2 is 2.06 bits per heavy atom. The zero-order valence-electron chi connectivity index (χ0n) is 10.7. The summed E-state index contributed by atoms with van der Waals surface area (Å²) < 4.78 is 13.8. The van der Waals surface area contributed by atoms with E-state index in [4.69, 9.17) is 0 Å². The lowest BCUT2D eigenvalue weighted by molar-refractivity contribution is 0.357. The van der Waals surface area contributed by atoms with E-state index >= 15 is 0 Å². The Balaban J connectivity index is 2.12. The monoisotopic (exact) mass is 246 g/mol. The largest absolute Gasteiger partial charge is 0.295 e. The van der Waals surface area contributed by atoms with Crippen molar-refractivity contribution in [3.63, 3.8) is 0 Å². The molecule has 0 amide bonds. The SMILES string of the molecule is Cc1ccc(F)c(C(C#N)NC2CCCCC2)c1. The Labute approximate surface area is 108 Å². The van der Waals surface area contributed by atoms with E-state index in [0.29, 0.717) is 11.6 Å². The minimum atomic E-state index is -0.534. The first-order valence-corrected chi connectivity index (χ1v) is 6.62. The molecule has 0 aromatic heterocycles. The second kappa shape index (κ2) is 5.97. The molecule has 2 rings (SSSR count). The third-order valence-corrected chi connectivity index (χ3v) is 3.60. The summed E-state index contributed by atoms with van der Waals surface area (Å²) in [6.07, 6.45) is 5.85. The molecule has 1 atom stereocenters. The summed E-state index contributed by atoms with van der Waals surface area (Å²) in [4.78, 5) is 0. The van der Waals surface area contributed by atoms with E-state index in [1.807, 2.05) is 6.92 Å². The van der Waals surface area contributed by atoms with Crippen LogP contribution in [0.15, 0.2) is 18.2 Å². The number of nitrogens with zero attached hydrogens (tertiary/aromatic N) is 1. The summed E-state index contributed by atoms with van der Waals surface area (Å²) in [7, 11) is 0. The van der Waals surface area contributed by atoms with E-state index in [2.05, 4.69) is 11.4 Å². The maximum atomic E-state index is 13.8. The molecule has 1 aliphatic rings. The third kappa shape index (κ3) is 3.08. The quantitative estimate of drug-likeness (QED) is 0.884. The molecule has 0 spiro atoms. The Hall–Kier alpha value is -1.40. The first-order valence-electron chi connectivity index (χ1n) is 6.62. The normalized spacial score (nSPS) is 18.3. The predicted molar refractivity (Wildman–Crippen MR) is 69.5 cm³/mol.